The Kier molecular flexibility index (Phi) is 6.03. The van der Waals surface area contributed by atoms with Crippen molar-refractivity contribution < 1.29 is 13.9 Å². The van der Waals surface area contributed by atoms with Crippen LogP contribution >= 0.6 is 0 Å². The number of aromatic nitrogens is 2. The maximum Gasteiger partial charge on any atom is 0.247 e. The first-order valence-electron chi connectivity index (χ1n) is 9.93. The van der Waals surface area contributed by atoms with Crippen LogP contribution in [0.5, 0.6) is 5.75 Å². The summed E-state index contributed by atoms with van der Waals surface area (Å²) in [6.45, 7) is 0.419. The van der Waals surface area contributed by atoms with E-state index < -0.39 is 0 Å². The highest BCUT2D eigenvalue weighted by Gasteiger charge is 2.11. The number of hydrogen-bond acceptors (Lipinski definition) is 5. The molecule has 30 heavy (non-hydrogen) atoms. The van der Waals surface area contributed by atoms with Gasteiger partial charge in [0.25, 0.3) is 0 Å². The fourth-order valence-corrected chi connectivity index (χ4v) is 3.42. The number of ether oxygens (including phenoxy) is 1. The van der Waals surface area contributed by atoms with Gasteiger partial charge in [0.05, 0.1) is 7.11 Å². The van der Waals surface area contributed by atoms with E-state index >= 15 is 0 Å². The van der Waals surface area contributed by atoms with E-state index in [0.29, 0.717) is 37.6 Å². The van der Waals surface area contributed by atoms with E-state index in [1.54, 1.807) is 7.11 Å². The molecule has 1 heterocycles. The van der Waals surface area contributed by atoms with Crippen LogP contribution in [0.4, 0.5) is 0 Å². The summed E-state index contributed by atoms with van der Waals surface area (Å²) in [6.07, 6.45) is 1.58. The van der Waals surface area contributed by atoms with E-state index in [2.05, 4.69) is 15.5 Å². The lowest BCUT2D eigenvalue weighted by molar-refractivity contribution is -0.121. The molecule has 6 heteroatoms. The van der Waals surface area contributed by atoms with Gasteiger partial charge in [-0.3, -0.25) is 4.79 Å². The van der Waals surface area contributed by atoms with Gasteiger partial charge >= 0.3 is 0 Å². The lowest BCUT2D eigenvalue weighted by Gasteiger charge is -2.13. The molecule has 0 atom stereocenters. The van der Waals surface area contributed by atoms with Crippen LogP contribution in [-0.4, -0.2) is 23.2 Å². The number of hydrogen-bond donors (Lipinski definition) is 1. The second-order valence-corrected chi connectivity index (χ2v) is 6.96. The van der Waals surface area contributed by atoms with Crippen LogP contribution in [0.2, 0.25) is 0 Å². The van der Waals surface area contributed by atoms with E-state index in [4.69, 9.17) is 9.15 Å². The summed E-state index contributed by atoms with van der Waals surface area (Å²) < 4.78 is 11.2. The van der Waals surface area contributed by atoms with Crippen molar-refractivity contribution in [3.63, 3.8) is 0 Å². The van der Waals surface area contributed by atoms with Crippen molar-refractivity contribution in [1.29, 1.82) is 0 Å². The summed E-state index contributed by atoms with van der Waals surface area (Å²) in [4.78, 5) is 12.4. The zero-order valence-corrected chi connectivity index (χ0v) is 16.8. The zero-order valence-electron chi connectivity index (χ0n) is 16.8. The number of carbonyl (C=O) groups is 1. The number of amides is 1. The number of aryl methyl sites for hydroxylation is 1. The molecule has 1 N–H and O–H groups in total. The minimum absolute atomic E-state index is 0.0206. The van der Waals surface area contributed by atoms with E-state index in [1.807, 2.05) is 66.7 Å². The normalized spacial score (nSPS) is 10.8. The molecule has 0 saturated heterocycles. The minimum Gasteiger partial charge on any atom is -0.496 e. The summed E-state index contributed by atoms with van der Waals surface area (Å²) in [6, 6.07) is 21.7. The minimum atomic E-state index is -0.0206. The third kappa shape index (κ3) is 4.49. The largest absolute Gasteiger partial charge is 0.496 e. The second kappa shape index (κ2) is 9.22. The predicted molar refractivity (Wildman–Crippen MR) is 115 cm³/mol. The lowest BCUT2D eigenvalue weighted by Crippen LogP contribution is -2.23. The lowest BCUT2D eigenvalue weighted by atomic mass is 10.0. The number of benzene rings is 3. The molecule has 0 spiro atoms. The molecule has 0 bridgehead atoms. The topological polar surface area (TPSA) is 77.2 Å². The van der Waals surface area contributed by atoms with Crippen molar-refractivity contribution in [2.24, 2.45) is 0 Å². The molecule has 1 aromatic heterocycles. The number of methoxy groups -OCH3 is 1. The van der Waals surface area contributed by atoms with Crippen LogP contribution in [0.3, 0.4) is 0 Å². The van der Waals surface area contributed by atoms with Gasteiger partial charge < -0.3 is 14.5 Å². The van der Waals surface area contributed by atoms with Crippen LogP contribution in [0.25, 0.3) is 22.2 Å². The fourth-order valence-electron chi connectivity index (χ4n) is 3.42. The Morgan fingerprint density at radius 3 is 2.63 bits per heavy atom. The Balaban J connectivity index is 1.31. The standard InChI is InChI=1S/C24H23N3O3/c1-29-21-15-14-17-8-5-6-11-19(17)20(21)16-25-22(28)12-7-13-23-26-27-24(30-23)18-9-3-2-4-10-18/h2-6,8-11,14-15H,7,12-13,16H2,1H3,(H,25,28). The van der Waals surface area contributed by atoms with E-state index in [0.717, 1.165) is 27.6 Å². The Morgan fingerprint density at radius 2 is 1.80 bits per heavy atom. The molecule has 0 saturated carbocycles. The molecule has 0 unspecified atom stereocenters. The van der Waals surface area contributed by atoms with Crippen LogP contribution in [-0.2, 0) is 17.8 Å². The van der Waals surface area contributed by atoms with E-state index in [-0.39, 0.29) is 5.91 Å². The summed E-state index contributed by atoms with van der Waals surface area (Å²) >= 11 is 0. The smallest absolute Gasteiger partial charge is 0.247 e. The Bertz CT molecular complexity index is 1140. The highest BCUT2D eigenvalue weighted by molar-refractivity contribution is 5.88. The van der Waals surface area contributed by atoms with Crippen molar-refractivity contribution in [2.45, 2.75) is 25.8 Å². The summed E-state index contributed by atoms with van der Waals surface area (Å²) in [5, 5.41) is 13.3. The van der Waals surface area contributed by atoms with Crippen LogP contribution in [0, 0.1) is 0 Å². The zero-order chi connectivity index (χ0) is 20.8. The molecule has 0 fully saturated rings. The fraction of sp³-hybridized carbons (Fsp3) is 0.208. The summed E-state index contributed by atoms with van der Waals surface area (Å²) in [7, 11) is 1.64. The monoisotopic (exact) mass is 401 g/mol. The second-order valence-electron chi connectivity index (χ2n) is 6.96. The van der Waals surface area contributed by atoms with Crippen LogP contribution in [0.15, 0.2) is 71.1 Å². The van der Waals surface area contributed by atoms with Gasteiger partial charge in [0.2, 0.25) is 17.7 Å². The third-order valence-corrected chi connectivity index (χ3v) is 4.96. The van der Waals surface area contributed by atoms with Crippen molar-refractivity contribution >= 4 is 16.7 Å². The Morgan fingerprint density at radius 1 is 1.00 bits per heavy atom. The molecule has 152 valence electrons. The van der Waals surface area contributed by atoms with Gasteiger partial charge in [-0.15, -0.1) is 10.2 Å². The third-order valence-electron chi connectivity index (χ3n) is 4.96. The van der Waals surface area contributed by atoms with Crippen molar-refractivity contribution in [3.05, 3.63) is 78.2 Å². The van der Waals surface area contributed by atoms with Crippen molar-refractivity contribution in [1.82, 2.24) is 15.5 Å². The van der Waals surface area contributed by atoms with Gasteiger partial charge in [0.1, 0.15) is 5.75 Å². The molecule has 0 aliphatic rings. The number of nitrogens with zero attached hydrogens (tertiary/aromatic N) is 2. The average Bonchev–Trinajstić information content (AvgIpc) is 3.27. The summed E-state index contributed by atoms with van der Waals surface area (Å²) in [5.41, 5.74) is 1.87. The molecule has 0 aliphatic carbocycles. The maximum absolute atomic E-state index is 12.4. The molecule has 1 amide bonds. The average molecular weight is 401 g/mol. The maximum atomic E-state index is 12.4. The number of nitrogens with one attached hydrogen (secondary N) is 1. The highest BCUT2D eigenvalue weighted by atomic mass is 16.5. The summed E-state index contributed by atoms with van der Waals surface area (Å²) in [5.74, 6) is 1.79. The van der Waals surface area contributed by atoms with Gasteiger partial charge in [-0.1, -0.05) is 48.5 Å². The first-order valence-corrected chi connectivity index (χ1v) is 9.93. The van der Waals surface area contributed by atoms with Gasteiger partial charge in [-0.25, -0.2) is 0 Å². The molecule has 4 aromatic rings. The van der Waals surface area contributed by atoms with Crippen molar-refractivity contribution in [3.8, 4) is 17.2 Å². The first kappa shape index (κ1) is 19.6. The molecule has 6 nitrogen and oxygen atoms in total. The predicted octanol–water partition coefficient (Wildman–Crippen LogP) is 4.54. The Labute approximate surface area is 174 Å². The highest BCUT2D eigenvalue weighted by Crippen LogP contribution is 2.27. The van der Waals surface area contributed by atoms with E-state index in [1.165, 1.54) is 0 Å². The van der Waals surface area contributed by atoms with Gasteiger partial charge in [-0.2, -0.15) is 0 Å². The molecular formula is C24H23N3O3. The van der Waals surface area contributed by atoms with Gasteiger partial charge in [-0.05, 0) is 35.4 Å². The molecule has 0 aliphatic heterocycles. The molecule has 4 rings (SSSR count). The van der Waals surface area contributed by atoms with E-state index in [9.17, 15) is 4.79 Å². The SMILES string of the molecule is COc1ccc2ccccc2c1CNC(=O)CCCc1nnc(-c2ccccc2)o1. The number of carbonyl (C=O) groups excluding carboxylic acids is 1. The number of rotatable bonds is 8. The quantitative estimate of drug-likeness (QED) is 0.469. The van der Waals surface area contributed by atoms with Crippen molar-refractivity contribution in [2.75, 3.05) is 7.11 Å². The van der Waals surface area contributed by atoms with Gasteiger partial charge in [0, 0.05) is 30.5 Å². The number of fused-ring (bicyclic) bond motifs is 1. The van der Waals surface area contributed by atoms with Crippen LogP contribution in [0.1, 0.15) is 24.3 Å². The van der Waals surface area contributed by atoms with Crippen LogP contribution < -0.4 is 10.1 Å². The molecule has 0 radical (unpaired) electrons. The Hall–Kier alpha value is -3.67. The molecule has 3 aromatic carbocycles. The molecular weight excluding hydrogens is 378 g/mol. The van der Waals surface area contributed by atoms with Gasteiger partial charge in [0.15, 0.2) is 0 Å². The first-order chi connectivity index (χ1) is 14.7.